The highest BCUT2D eigenvalue weighted by atomic mass is 35.5. The molecule has 2 heterocycles. The van der Waals surface area contributed by atoms with Crippen molar-refractivity contribution in [1.29, 1.82) is 0 Å². The highest BCUT2D eigenvalue weighted by molar-refractivity contribution is 7.89. The van der Waals surface area contributed by atoms with Gasteiger partial charge in [-0.25, -0.2) is 18.1 Å². The van der Waals surface area contributed by atoms with Gasteiger partial charge in [0.25, 0.3) is 5.91 Å². The fourth-order valence-corrected chi connectivity index (χ4v) is 5.00. The summed E-state index contributed by atoms with van der Waals surface area (Å²) in [7, 11) is -3.52. The molecule has 1 aromatic heterocycles. The highest BCUT2D eigenvalue weighted by Gasteiger charge is 2.27. The molecule has 1 N–H and O–H groups in total. The lowest BCUT2D eigenvalue weighted by Gasteiger charge is -2.16. The van der Waals surface area contributed by atoms with Gasteiger partial charge in [0.05, 0.1) is 15.6 Å². The van der Waals surface area contributed by atoms with E-state index < -0.39 is 15.9 Å². The van der Waals surface area contributed by atoms with Crippen LogP contribution in [0.15, 0.2) is 60.0 Å². The number of hydrogen-bond donors (Lipinski definition) is 1. The zero-order chi connectivity index (χ0) is 20.4. The quantitative estimate of drug-likeness (QED) is 0.669. The number of carbonyl (C=O) groups is 1. The zero-order valence-corrected chi connectivity index (χ0v) is 16.9. The molecule has 1 aliphatic heterocycles. The van der Waals surface area contributed by atoms with Gasteiger partial charge in [0, 0.05) is 18.7 Å². The molecule has 0 saturated carbocycles. The maximum absolute atomic E-state index is 12.7. The molecule has 8 nitrogen and oxygen atoms in total. The normalized spacial score (nSPS) is 14.8. The van der Waals surface area contributed by atoms with Gasteiger partial charge in [0.15, 0.2) is 0 Å². The number of benzene rings is 2. The van der Waals surface area contributed by atoms with Gasteiger partial charge in [-0.3, -0.25) is 4.79 Å². The van der Waals surface area contributed by atoms with Crippen molar-refractivity contribution in [3.05, 3.63) is 65.7 Å². The Morgan fingerprint density at radius 2 is 1.79 bits per heavy atom. The largest absolute Gasteiger partial charge is 0.320 e. The van der Waals surface area contributed by atoms with E-state index in [0.717, 1.165) is 12.8 Å². The zero-order valence-electron chi connectivity index (χ0n) is 15.3. The van der Waals surface area contributed by atoms with E-state index in [-0.39, 0.29) is 4.90 Å². The minimum Gasteiger partial charge on any atom is -0.320 e. The highest BCUT2D eigenvalue weighted by Crippen LogP contribution is 2.28. The van der Waals surface area contributed by atoms with Crippen LogP contribution in [0.1, 0.15) is 23.2 Å². The fourth-order valence-electron chi connectivity index (χ4n) is 3.22. The van der Waals surface area contributed by atoms with E-state index in [9.17, 15) is 13.2 Å². The van der Waals surface area contributed by atoms with Crippen LogP contribution in [-0.4, -0.2) is 46.5 Å². The molecule has 1 saturated heterocycles. The third-order valence-electron chi connectivity index (χ3n) is 4.70. The molecule has 4 rings (SSSR count). The average Bonchev–Trinajstić information content (AvgIpc) is 3.43. The van der Waals surface area contributed by atoms with Crippen molar-refractivity contribution >= 4 is 33.2 Å². The topological polar surface area (TPSA) is 97.2 Å². The Morgan fingerprint density at radius 3 is 2.45 bits per heavy atom. The molecule has 29 heavy (non-hydrogen) atoms. The van der Waals surface area contributed by atoms with E-state index in [1.165, 1.54) is 45.9 Å². The number of carbonyl (C=O) groups excluding carboxylic acids is 1. The van der Waals surface area contributed by atoms with Crippen LogP contribution in [0.3, 0.4) is 0 Å². The summed E-state index contributed by atoms with van der Waals surface area (Å²) in [5.41, 5.74) is 1.28. The number of anilines is 1. The number of nitrogens with zero attached hydrogens (tertiary/aromatic N) is 4. The van der Waals surface area contributed by atoms with Gasteiger partial charge in [-0.1, -0.05) is 17.7 Å². The van der Waals surface area contributed by atoms with Crippen molar-refractivity contribution in [2.45, 2.75) is 17.7 Å². The predicted molar refractivity (Wildman–Crippen MR) is 109 cm³/mol. The minimum absolute atomic E-state index is 0.182. The Labute approximate surface area is 173 Å². The van der Waals surface area contributed by atoms with E-state index >= 15 is 0 Å². The van der Waals surface area contributed by atoms with Crippen LogP contribution in [0.5, 0.6) is 0 Å². The fraction of sp³-hybridized carbons (Fsp3) is 0.211. The summed E-state index contributed by atoms with van der Waals surface area (Å²) in [5, 5.41) is 7.26. The number of amides is 1. The van der Waals surface area contributed by atoms with Gasteiger partial charge in [-0.2, -0.15) is 9.40 Å². The van der Waals surface area contributed by atoms with Crippen molar-refractivity contribution in [3.63, 3.8) is 0 Å². The van der Waals surface area contributed by atoms with Crippen LogP contribution in [0, 0.1) is 0 Å². The minimum atomic E-state index is -3.52. The summed E-state index contributed by atoms with van der Waals surface area (Å²) >= 11 is 6.27. The van der Waals surface area contributed by atoms with Crippen LogP contribution in [0.4, 0.5) is 5.69 Å². The smallest absolute Gasteiger partial charge is 0.255 e. The van der Waals surface area contributed by atoms with Gasteiger partial charge in [-0.05, 0) is 49.2 Å². The molecule has 0 bridgehead atoms. The van der Waals surface area contributed by atoms with Crippen molar-refractivity contribution in [1.82, 2.24) is 19.1 Å². The molecular weight excluding hydrogens is 414 g/mol. The molecule has 3 aromatic rings. The van der Waals surface area contributed by atoms with E-state index in [4.69, 9.17) is 11.6 Å². The second-order valence-electron chi connectivity index (χ2n) is 6.57. The number of aromatic nitrogens is 3. The van der Waals surface area contributed by atoms with Gasteiger partial charge in [-0.15, -0.1) is 0 Å². The average molecular weight is 432 g/mol. The summed E-state index contributed by atoms with van der Waals surface area (Å²) in [5.74, 6) is -0.390. The molecule has 1 amide bonds. The SMILES string of the molecule is O=C(Nc1cccc(Cl)c1-n1cncn1)c1ccc(S(=O)(=O)N2CCCC2)cc1. The molecule has 1 fully saturated rings. The number of halogens is 1. The van der Waals surface area contributed by atoms with Gasteiger partial charge < -0.3 is 5.32 Å². The maximum atomic E-state index is 12.7. The number of hydrogen-bond acceptors (Lipinski definition) is 5. The summed E-state index contributed by atoms with van der Waals surface area (Å²) in [4.78, 5) is 16.8. The van der Waals surface area contributed by atoms with Crippen molar-refractivity contribution < 1.29 is 13.2 Å². The first-order valence-corrected chi connectivity index (χ1v) is 10.8. The number of nitrogens with one attached hydrogen (secondary N) is 1. The molecule has 2 aromatic carbocycles. The molecule has 10 heteroatoms. The van der Waals surface area contributed by atoms with Crippen LogP contribution < -0.4 is 5.32 Å². The summed E-state index contributed by atoms with van der Waals surface area (Å²) in [6.45, 7) is 1.06. The molecular formula is C19H18ClN5O3S. The first-order chi connectivity index (χ1) is 14.0. The molecule has 1 aliphatic rings. The Hall–Kier alpha value is -2.75. The second kappa shape index (κ2) is 7.94. The summed E-state index contributed by atoms with van der Waals surface area (Å²) < 4.78 is 28.2. The molecule has 150 valence electrons. The molecule has 0 aliphatic carbocycles. The molecule has 0 atom stereocenters. The lowest BCUT2D eigenvalue weighted by molar-refractivity contribution is 0.102. The number of rotatable bonds is 5. The summed E-state index contributed by atoms with van der Waals surface area (Å²) in [6.07, 6.45) is 4.59. The number of sulfonamides is 1. The van der Waals surface area contributed by atoms with Gasteiger partial charge in [0.2, 0.25) is 10.0 Å². The first-order valence-electron chi connectivity index (χ1n) is 9.02. The van der Waals surface area contributed by atoms with Crippen molar-refractivity contribution in [2.75, 3.05) is 18.4 Å². The third kappa shape index (κ3) is 3.89. The molecule has 0 spiro atoms. The Morgan fingerprint density at radius 1 is 1.07 bits per heavy atom. The second-order valence-corrected chi connectivity index (χ2v) is 8.91. The Kier molecular flexibility index (Phi) is 5.35. The lowest BCUT2D eigenvalue weighted by atomic mass is 10.2. The Balaban J connectivity index is 1.57. The first kappa shape index (κ1) is 19.6. The van der Waals surface area contributed by atoms with E-state index in [2.05, 4.69) is 15.4 Å². The third-order valence-corrected chi connectivity index (χ3v) is 6.92. The van der Waals surface area contributed by atoms with Gasteiger partial charge in [0.1, 0.15) is 18.3 Å². The maximum Gasteiger partial charge on any atom is 0.255 e. The van der Waals surface area contributed by atoms with Crippen LogP contribution in [0.2, 0.25) is 5.02 Å². The van der Waals surface area contributed by atoms with E-state index in [1.54, 1.807) is 18.2 Å². The van der Waals surface area contributed by atoms with E-state index in [0.29, 0.717) is 35.1 Å². The van der Waals surface area contributed by atoms with Crippen molar-refractivity contribution in [3.8, 4) is 5.69 Å². The standard InChI is InChI=1S/C19H18ClN5O3S/c20-16-4-3-5-17(18(16)25-13-21-12-22-25)23-19(26)14-6-8-15(9-7-14)29(27,28)24-10-1-2-11-24/h3-9,12-13H,1-2,10-11H2,(H,23,26). The van der Waals surface area contributed by atoms with Gasteiger partial charge >= 0.3 is 0 Å². The lowest BCUT2D eigenvalue weighted by Crippen LogP contribution is -2.27. The predicted octanol–water partition coefficient (Wildman–Crippen LogP) is 2.96. The van der Waals surface area contributed by atoms with Crippen LogP contribution >= 0.6 is 11.6 Å². The van der Waals surface area contributed by atoms with Crippen LogP contribution in [-0.2, 0) is 10.0 Å². The van der Waals surface area contributed by atoms with E-state index in [1.807, 2.05) is 0 Å². The Bertz CT molecular complexity index is 1130. The molecule has 0 unspecified atom stereocenters. The molecule has 0 radical (unpaired) electrons. The van der Waals surface area contributed by atoms with Crippen LogP contribution in [0.25, 0.3) is 5.69 Å². The summed E-state index contributed by atoms with van der Waals surface area (Å²) in [6, 6.07) is 11.0. The number of para-hydroxylation sites is 1. The monoisotopic (exact) mass is 431 g/mol. The van der Waals surface area contributed by atoms with Crippen molar-refractivity contribution in [2.24, 2.45) is 0 Å².